The van der Waals surface area contributed by atoms with Gasteiger partial charge in [-0.15, -0.1) is 11.3 Å². The van der Waals surface area contributed by atoms with Crippen molar-refractivity contribution in [3.05, 3.63) is 21.9 Å². The summed E-state index contributed by atoms with van der Waals surface area (Å²) in [6.45, 7) is 8.25. The summed E-state index contributed by atoms with van der Waals surface area (Å²) >= 11 is 1.96. The highest BCUT2D eigenvalue weighted by Crippen LogP contribution is 2.24. The third-order valence-corrected chi connectivity index (χ3v) is 5.71. The molecule has 108 valence electrons. The first-order valence-electron chi connectivity index (χ1n) is 7.69. The summed E-state index contributed by atoms with van der Waals surface area (Å²) in [5.41, 5.74) is 0. The second-order valence-corrected chi connectivity index (χ2v) is 7.07. The van der Waals surface area contributed by atoms with Gasteiger partial charge in [0.05, 0.1) is 0 Å². The second kappa shape index (κ2) is 7.41. The van der Waals surface area contributed by atoms with Crippen LogP contribution in [0.15, 0.2) is 12.1 Å². The Morgan fingerprint density at radius 2 is 2.11 bits per heavy atom. The molecular formula is C16H28N2S. The molecule has 2 rings (SSSR count). The SMILES string of the molecule is CCc1ccc(C(C)NCCC2CCN(C)CC2)s1. The predicted octanol–water partition coefficient (Wildman–Crippen LogP) is 3.69. The number of piperidine rings is 1. The van der Waals surface area contributed by atoms with Gasteiger partial charge in [-0.05, 0) is 77.3 Å². The minimum atomic E-state index is 0.511. The van der Waals surface area contributed by atoms with E-state index >= 15 is 0 Å². The number of thiophene rings is 1. The molecule has 1 unspecified atom stereocenters. The summed E-state index contributed by atoms with van der Waals surface area (Å²) in [4.78, 5) is 5.43. The topological polar surface area (TPSA) is 15.3 Å². The maximum atomic E-state index is 3.69. The van der Waals surface area contributed by atoms with Crippen LogP contribution in [0.4, 0.5) is 0 Å². The van der Waals surface area contributed by atoms with Gasteiger partial charge in [0.1, 0.15) is 0 Å². The Morgan fingerprint density at radius 1 is 1.37 bits per heavy atom. The van der Waals surface area contributed by atoms with Crippen molar-refractivity contribution in [3.63, 3.8) is 0 Å². The fraction of sp³-hybridized carbons (Fsp3) is 0.750. The van der Waals surface area contributed by atoms with Crippen LogP contribution in [0.5, 0.6) is 0 Å². The Morgan fingerprint density at radius 3 is 2.74 bits per heavy atom. The zero-order valence-corrected chi connectivity index (χ0v) is 13.4. The Kier molecular flexibility index (Phi) is 5.86. The summed E-state index contributed by atoms with van der Waals surface area (Å²) in [6.07, 6.45) is 5.26. The van der Waals surface area contributed by atoms with Gasteiger partial charge in [-0.1, -0.05) is 6.92 Å². The smallest absolute Gasteiger partial charge is 0.0386 e. The molecule has 0 bridgehead atoms. The summed E-state index contributed by atoms with van der Waals surface area (Å²) < 4.78 is 0. The van der Waals surface area contributed by atoms with Crippen molar-refractivity contribution in [2.24, 2.45) is 5.92 Å². The number of likely N-dealkylation sites (tertiary alicyclic amines) is 1. The van der Waals surface area contributed by atoms with Crippen LogP contribution in [-0.4, -0.2) is 31.6 Å². The van der Waals surface area contributed by atoms with Crippen LogP contribution in [0.3, 0.4) is 0 Å². The lowest BCUT2D eigenvalue weighted by Gasteiger charge is -2.29. The van der Waals surface area contributed by atoms with E-state index in [1.54, 1.807) is 0 Å². The van der Waals surface area contributed by atoms with E-state index in [0.29, 0.717) is 6.04 Å². The van der Waals surface area contributed by atoms with Gasteiger partial charge in [-0.25, -0.2) is 0 Å². The molecule has 0 spiro atoms. The van der Waals surface area contributed by atoms with Gasteiger partial charge in [0.25, 0.3) is 0 Å². The molecule has 0 saturated carbocycles. The number of nitrogens with one attached hydrogen (secondary N) is 1. The fourth-order valence-electron chi connectivity index (χ4n) is 2.77. The van der Waals surface area contributed by atoms with Gasteiger partial charge in [-0.2, -0.15) is 0 Å². The lowest BCUT2D eigenvalue weighted by molar-refractivity contribution is 0.211. The molecule has 1 aromatic rings. The van der Waals surface area contributed by atoms with Crippen LogP contribution in [-0.2, 0) is 6.42 Å². The Hall–Kier alpha value is -0.380. The molecule has 1 fully saturated rings. The van der Waals surface area contributed by atoms with Gasteiger partial charge >= 0.3 is 0 Å². The monoisotopic (exact) mass is 280 g/mol. The first-order valence-corrected chi connectivity index (χ1v) is 8.51. The molecule has 2 nitrogen and oxygen atoms in total. The zero-order valence-electron chi connectivity index (χ0n) is 12.6. The number of aryl methyl sites for hydroxylation is 1. The minimum absolute atomic E-state index is 0.511. The summed E-state index contributed by atoms with van der Waals surface area (Å²) in [7, 11) is 2.23. The molecular weight excluding hydrogens is 252 g/mol. The lowest BCUT2D eigenvalue weighted by Crippen LogP contribution is -2.31. The van der Waals surface area contributed by atoms with Gasteiger partial charge in [-0.3, -0.25) is 0 Å². The standard InChI is InChI=1S/C16H28N2S/c1-4-15-5-6-16(19-15)13(2)17-10-7-14-8-11-18(3)12-9-14/h5-6,13-14,17H,4,7-12H2,1-3H3. The van der Waals surface area contributed by atoms with E-state index in [4.69, 9.17) is 0 Å². The summed E-state index contributed by atoms with van der Waals surface area (Å²) in [6, 6.07) is 5.07. The zero-order chi connectivity index (χ0) is 13.7. The Bertz CT molecular complexity index is 367. The third-order valence-electron chi connectivity index (χ3n) is 4.30. The summed E-state index contributed by atoms with van der Waals surface area (Å²) in [5, 5.41) is 3.69. The van der Waals surface area contributed by atoms with Gasteiger partial charge in [0, 0.05) is 15.8 Å². The molecule has 0 aliphatic carbocycles. The maximum absolute atomic E-state index is 3.69. The number of rotatable bonds is 6. The van der Waals surface area contributed by atoms with Crippen LogP contribution in [0.1, 0.15) is 48.9 Å². The first kappa shape index (κ1) is 15.0. The van der Waals surface area contributed by atoms with E-state index in [1.165, 1.54) is 42.1 Å². The van der Waals surface area contributed by atoms with Crippen LogP contribution in [0, 0.1) is 5.92 Å². The molecule has 0 radical (unpaired) electrons. The summed E-state index contributed by atoms with van der Waals surface area (Å²) in [5.74, 6) is 0.936. The fourth-order valence-corrected chi connectivity index (χ4v) is 3.75. The van der Waals surface area contributed by atoms with Crippen molar-refractivity contribution >= 4 is 11.3 Å². The van der Waals surface area contributed by atoms with E-state index in [9.17, 15) is 0 Å². The normalized spacial score (nSPS) is 19.7. The minimum Gasteiger partial charge on any atom is -0.309 e. The van der Waals surface area contributed by atoms with E-state index in [-0.39, 0.29) is 0 Å². The molecule has 1 saturated heterocycles. The van der Waals surface area contributed by atoms with E-state index < -0.39 is 0 Å². The highest BCUT2D eigenvalue weighted by atomic mass is 32.1. The molecule has 3 heteroatoms. The van der Waals surface area contributed by atoms with Gasteiger partial charge < -0.3 is 10.2 Å². The van der Waals surface area contributed by atoms with Crippen molar-refractivity contribution in [2.45, 2.75) is 45.6 Å². The molecule has 1 aromatic heterocycles. The first-order chi connectivity index (χ1) is 9.19. The predicted molar refractivity (Wildman–Crippen MR) is 85.0 cm³/mol. The van der Waals surface area contributed by atoms with E-state index in [0.717, 1.165) is 18.9 Å². The van der Waals surface area contributed by atoms with E-state index in [1.807, 2.05) is 11.3 Å². The average Bonchev–Trinajstić information content (AvgIpc) is 2.90. The molecule has 1 atom stereocenters. The Balaban J connectivity index is 1.67. The number of nitrogens with zero attached hydrogens (tertiary/aromatic N) is 1. The van der Waals surface area contributed by atoms with Gasteiger partial charge in [0.15, 0.2) is 0 Å². The third kappa shape index (κ3) is 4.59. The average molecular weight is 280 g/mol. The molecule has 0 amide bonds. The van der Waals surface area contributed by atoms with Crippen LogP contribution >= 0.6 is 11.3 Å². The van der Waals surface area contributed by atoms with Crippen molar-refractivity contribution in [3.8, 4) is 0 Å². The maximum Gasteiger partial charge on any atom is 0.0386 e. The largest absolute Gasteiger partial charge is 0.309 e. The second-order valence-electron chi connectivity index (χ2n) is 5.87. The van der Waals surface area contributed by atoms with E-state index in [2.05, 4.69) is 43.2 Å². The molecule has 1 aliphatic heterocycles. The van der Waals surface area contributed by atoms with Crippen molar-refractivity contribution < 1.29 is 0 Å². The van der Waals surface area contributed by atoms with Crippen molar-refractivity contribution in [1.82, 2.24) is 10.2 Å². The van der Waals surface area contributed by atoms with Crippen LogP contribution < -0.4 is 5.32 Å². The quantitative estimate of drug-likeness (QED) is 0.855. The number of hydrogen-bond donors (Lipinski definition) is 1. The van der Waals surface area contributed by atoms with Crippen molar-refractivity contribution in [1.29, 1.82) is 0 Å². The van der Waals surface area contributed by atoms with Crippen molar-refractivity contribution in [2.75, 3.05) is 26.7 Å². The molecule has 1 aliphatic rings. The molecule has 2 heterocycles. The van der Waals surface area contributed by atoms with Crippen LogP contribution in [0.25, 0.3) is 0 Å². The number of hydrogen-bond acceptors (Lipinski definition) is 3. The molecule has 0 aromatic carbocycles. The lowest BCUT2D eigenvalue weighted by atomic mass is 9.94. The Labute approximate surface area is 122 Å². The van der Waals surface area contributed by atoms with Gasteiger partial charge in [0.2, 0.25) is 0 Å². The molecule has 1 N–H and O–H groups in total. The molecule has 19 heavy (non-hydrogen) atoms. The van der Waals surface area contributed by atoms with Crippen LogP contribution in [0.2, 0.25) is 0 Å². The highest BCUT2D eigenvalue weighted by Gasteiger charge is 2.16. The highest BCUT2D eigenvalue weighted by molar-refractivity contribution is 7.12.